The Hall–Kier alpha value is -0.200. The molecule has 1 aliphatic carbocycles. The minimum Gasteiger partial charge on any atom is -0.299 e. The van der Waals surface area contributed by atoms with Gasteiger partial charge in [0.1, 0.15) is 5.54 Å². The molecule has 1 saturated carbocycles. The first-order valence-corrected chi connectivity index (χ1v) is 8.22. The first-order valence-electron chi connectivity index (χ1n) is 7.24. The van der Waals surface area contributed by atoms with Crippen molar-refractivity contribution in [3.05, 3.63) is 0 Å². The number of hydrogen-bond donors (Lipinski definition) is 1. The molecule has 1 fully saturated rings. The third kappa shape index (κ3) is 4.48. The molecule has 0 bridgehead atoms. The number of nitrogens with zero attached hydrogens (tertiary/aromatic N) is 1. The molecule has 0 saturated heterocycles. The largest absolute Gasteiger partial charge is 0.299 e. The van der Waals surface area contributed by atoms with Crippen LogP contribution in [0.25, 0.3) is 0 Å². The predicted molar refractivity (Wildman–Crippen MR) is 80.8 cm³/mol. The van der Waals surface area contributed by atoms with Crippen molar-refractivity contribution in [1.29, 1.82) is 5.26 Å². The molecule has 0 aromatic rings. The second-order valence-electron chi connectivity index (χ2n) is 6.35. The van der Waals surface area contributed by atoms with Crippen LogP contribution < -0.4 is 5.32 Å². The van der Waals surface area contributed by atoms with Gasteiger partial charge in [-0.1, -0.05) is 34.1 Å². The van der Waals surface area contributed by atoms with E-state index in [0.29, 0.717) is 10.7 Å². The standard InChI is InChI=1S/C15H28N2S/c1-5-10-17-15(12-16)9-6-7-13(15)8-11-18-14(2,3)4/h13,17H,5-11H2,1-4H3. The third-order valence-electron chi connectivity index (χ3n) is 3.71. The topological polar surface area (TPSA) is 35.8 Å². The highest BCUT2D eigenvalue weighted by Crippen LogP contribution is 2.39. The third-order valence-corrected chi connectivity index (χ3v) is 5.02. The highest BCUT2D eigenvalue weighted by atomic mass is 32.2. The van der Waals surface area contributed by atoms with Crippen molar-refractivity contribution in [3.8, 4) is 6.07 Å². The predicted octanol–water partition coefficient (Wildman–Crippen LogP) is 3.97. The van der Waals surface area contributed by atoms with E-state index in [0.717, 1.165) is 19.4 Å². The molecular formula is C15H28N2S. The van der Waals surface area contributed by atoms with Crippen LogP contribution >= 0.6 is 11.8 Å². The van der Waals surface area contributed by atoms with Crippen LogP contribution in [0.5, 0.6) is 0 Å². The lowest BCUT2D eigenvalue weighted by molar-refractivity contribution is 0.311. The van der Waals surface area contributed by atoms with Crippen LogP contribution in [0.1, 0.15) is 59.8 Å². The van der Waals surface area contributed by atoms with E-state index in [1.807, 2.05) is 11.8 Å². The van der Waals surface area contributed by atoms with Crippen LogP contribution in [0, 0.1) is 17.2 Å². The summed E-state index contributed by atoms with van der Waals surface area (Å²) in [6.45, 7) is 9.92. The lowest BCUT2D eigenvalue weighted by Crippen LogP contribution is -2.47. The molecule has 1 rings (SSSR count). The second kappa shape index (κ2) is 6.82. The molecule has 0 aliphatic heterocycles. The van der Waals surface area contributed by atoms with Crippen LogP contribution in [0.2, 0.25) is 0 Å². The van der Waals surface area contributed by atoms with Gasteiger partial charge in [-0.05, 0) is 43.9 Å². The summed E-state index contributed by atoms with van der Waals surface area (Å²) in [5, 5.41) is 13.1. The summed E-state index contributed by atoms with van der Waals surface area (Å²) in [4.78, 5) is 0. The van der Waals surface area contributed by atoms with Crippen LogP contribution in [-0.2, 0) is 0 Å². The van der Waals surface area contributed by atoms with E-state index in [1.54, 1.807) is 0 Å². The van der Waals surface area contributed by atoms with E-state index < -0.39 is 0 Å². The zero-order valence-electron chi connectivity index (χ0n) is 12.4. The summed E-state index contributed by atoms with van der Waals surface area (Å²) in [5.41, 5.74) is -0.228. The Morgan fingerprint density at radius 1 is 1.44 bits per heavy atom. The molecule has 0 aromatic carbocycles. The van der Waals surface area contributed by atoms with Crippen molar-refractivity contribution >= 4 is 11.8 Å². The average Bonchev–Trinajstić information content (AvgIpc) is 2.69. The second-order valence-corrected chi connectivity index (χ2v) is 8.27. The summed E-state index contributed by atoms with van der Waals surface area (Å²) in [7, 11) is 0. The Labute approximate surface area is 117 Å². The van der Waals surface area contributed by atoms with E-state index in [4.69, 9.17) is 0 Å². The van der Waals surface area contributed by atoms with Crippen molar-refractivity contribution in [1.82, 2.24) is 5.32 Å². The fourth-order valence-corrected chi connectivity index (χ4v) is 3.76. The molecule has 1 aliphatic rings. The van der Waals surface area contributed by atoms with Crippen molar-refractivity contribution in [2.45, 2.75) is 70.1 Å². The zero-order chi connectivity index (χ0) is 13.6. The molecule has 0 aromatic heterocycles. The van der Waals surface area contributed by atoms with E-state index in [-0.39, 0.29) is 5.54 Å². The minimum atomic E-state index is -0.228. The fourth-order valence-electron chi connectivity index (χ4n) is 2.74. The van der Waals surface area contributed by atoms with Crippen molar-refractivity contribution in [2.75, 3.05) is 12.3 Å². The van der Waals surface area contributed by atoms with Gasteiger partial charge in [0.15, 0.2) is 0 Å². The molecule has 2 atom stereocenters. The van der Waals surface area contributed by atoms with E-state index >= 15 is 0 Å². The van der Waals surface area contributed by atoms with E-state index in [2.05, 4.69) is 39.1 Å². The summed E-state index contributed by atoms with van der Waals surface area (Å²) in [6, 6.07) is 2.59. The average molecular weight is 268 g/mol. The lowest BCUT2D eigenvalue weighted by Gasteiger charge is -2.30. The van der Waals surface area contributed by atoms with Crippen molar-refractivity contribution in [3.63, 3.8) is 0 Å². The summed E-state index contributed by atoms with van der Waals surface area (Å²) in [5.74, 6) is 1.72. The van der Waals surface area contributed by atoms with Gasteiger partial charge in [0, 0.05) is 4.75 Å². The van der Waals surface area contributed by atoms with Gasteiger partial charge < -0.3 is 0 Å². The van der Waals surface area contributed by atoms with Gasteiger partial charge in [0.25, 0.3) is 0 Å². The zero-order valence-corrected chi connectivity index (χ0v) is 13.2. The first-order chi connectivity index (χ1) is 8.43. The molecule has 18 heavy (non-hydrogen) atoms. The number of hydrogen-bond acceptors (Lipinski definition) is 3. The van der Waals surface area contributed by atoms with Crippen LogP contribution in [0.3, 0.4) is 0 Å². The van der Waals surface area contributed by atoms with Crippen LogP contribution in [0.4, 0.5) is 0 Å². The van der Waals surface area contributed by atoms with Gasteiger partial charge in [-0.3, -0.25) is 5.32 Å². The Morgan fingerprint density at radius 2 is 2.17 bits per heavy atom. The molecule has 1 N–H and O–H groups in total. The highest BCUT2D eigenvalue weighted by Gasteiger charge is 2.42. The molecule has 0 spiro atoms. The Balaban J connectivity index is 2.50. The number of nitriles is 1. The Bertz CT molecular complexity index is 290. The van der Waals surface area contributed by atoms with Gasteiger partial charge in [-0.25, -0.2) is 0 Å². The lowest BCUT2D eigenvalue weighted by atomic mass is 9.86. The molecule has 2 unspecified atom stereocenters. The summed E-state index contributed by atoms with van der Waals surface area (Å²) >= 11 is 2.02. The Kier molecular flexibility index (Phi) is 6.01. The number of rotatable bonds is 6. The molecule has 3 heteroatoms. The van der Waals surface area contributed by atoms with Crippen LogP contribution in [0.15, 0.2) is 0 Å². The summed E-state index contributed by atoms with van der Waals surface area (Å²) < 4.78 is 0.338. The first kappa shape index (κ1) is 15.9. The van der Waals surface area contributed by atoms with Gasteiger partial charge in [0.05, 0.1) is 6.07 Å². The fraction of sp³-hybridized carbons (Fsp3) is 0.933. The maximum Gasteiger partial charge on any atom is 0.109 e. The molecule has 0 amide bonds. The molecule has 2 nitrogen and oxygen atoms in total. The quantitative estimate of drug-likeness (QED) is 0.792. The minimum absolute atomic E-state index is 0.228. The highest BCUT2D eigenvalue weighted by molar-refractivity contribution is 8.00. The number of nitrogens with one attached hydrogen (secondary N) is 1. The smallest absolute Gasteiger partial charge is 0.109 e. The monoisotopic (exact) mass is 268 g/mol. The number of thioether (sulfide) groups is 1. The van der Waals surface area contributed by atoms with Gasteiger partial charge in [-0.15, -0.1) is 0 Å². The van der Waals surface area contributed by atoms with E-state index in [9.17, 15) is 5.26 Å². The van der Waals surface area contributed by atoms with Crippen molar-refractivity contribution < 1.29 is 0 Å². The normalized spacial score (nSPS) is 28.3. The maximum atomic E-state index is 9.55. The SMILES string of the molecule is CCCNC1(C#N)CCCC1CCSC(C)(C)C. The molecular weight excluding hydrogens is 240 g/mol. The summed E-state index contributed by atoms with van der Waals surface area (Å²) in [6.07, 6.45) is 5.73. The molecule has 0 heterocycles. The van der Waals surface area contributed by atoms with Gasteiger partial charge >= 0.3 is 0 Å². The molecule has 104 valence electrons. The van der Waals surface area contributed by atoms with Crippen molar-refractivity contribution in [2.24, 2.45) is 5.92 Å². The van der Waals surface area contributed by atoms with Crippen LogP contribution in [-0.4, -0.2) is 22.6 Å². The van der Waals surface area contributed by atoms with Gasteiger partial charge in [-0.2, -0.15) is 17.0 Å². The molecule has 0 radical (unpaired) electrons. The maximum absolute atomic E-state index is 9.55. The van der Waals surface area contributed by atoms with Gasteiger partial charge in [0.2, 0.25) is 0 Å². The van der Waals surface area contributed by atoms with E-state index in [1.165, 1.54) is 25.0 Å². The Morgan fingerprint density at radius 3 is 2.72 bits per heavy atom.